The Kier molecular flexibility index (Phi) is 4.71. The first kappa shape index (κ1) is 14.1. The summed E-state index contributed by atoms with van der Waals surface area (Å²) in [6, 6.07) is 14.1. The smallest absolute Gasteiger partial charge is 0.131 e. The van der Waals surface area contributed by atoms with Crippen LogP contribution in [-0.2, 0) is 6.42 Å². The Hall–Kier alpha value is -2.36. The molecule has 4 heteroatoms. The van der Waals surface area contributed by atoms with Gasteiger partial charge in [0.25, 0.3) is 0 Å². The van der Waals surface area contributed by atoms with Gasteiger partial charge in [0.2, 0.25) is 0 Å². The summed E-state index contributed by atoms with van der Waals surface area (Å²) in [5.41, 5.74) is 2.12. The molecule has 0 spiro atoms. The van der Waals surface area contributed by atoms with Crippen LogP contribution in [0.3, 0.4) is 0 Å². The number of hydrogen-bond donors (Lipinski definition) is 1. The third-order valence-corrected chi connectivity index (χ3v) is 2.97. The Labute approximate surface area is 117 Å². The molecule has 0 fully saturated rings. The zero-order valence-electron chi connectivity index (χ0n) is 11.2. The Bertz CT molecular complexity index is 597. The molecular weight excluding hydrogens is 257 g/mol. The van der Waals surface area contributed by atoms with Gasteiger partial charge in [0.1, 0.15) is 11.6 Å². The first-order valence-corrected chi connectivity index (χ1v) is 6.36. The number of rotatable bonds is 5. The Morgan fingerprint density at radius 2 is 1.95 bits per heavy atom. The van der Waals surface area contributed by atoms with Crippen molar-refractivity contribution in [2.75, 3.05) is 6.61 Å². The fourth-order valence-corrected chi connectivity index (χ4v) is 1.89. The molecule has 0 saturated heterocycles. The molecule has 0 bridgehead atoms. The Morgan fingerprint density at radius 1 is 1.20 bits per heavy atom. The second-order valence-corrected chi connectivity index (χ2v) is 4.41. The molecule has 20 heavy (non-hydrogen) atoms. The number of ether oxygens (including phenoxy) is 1. The summed E-state index contributed by atoms with van der Waals surface area (Å²) in [6.45, 7) is 2.07. The van der Waals surface area contributed by atoms with Gasteiger partial charge in [-0.3, -0.25) is 0 Å². The molecule has 0 aliphatic carbocycles. The molecule has 2 aromatic rings. The highest BCUT2D eigenvalue weighted by Crippen LogP contribution is 2.21. The third-order valence-electron chi connectivity index (χ3n) is 2.97. The maximum absolute atomic E-state index is 13.3. The first-order chi connectivity index (χ1) is 9.70. The number of benzene rings is 2. The number of oxime groups is 1. The molecule has 0 saturated carbocycles. The van der Waals surface area contributed by atoms with Crippen molar-refractivity contribution in [2.45, 2.75) is 13.3 Å². The molecule has 0 aliphatic heterocycles. The van der Waals surface area contributed by atoms with Gasteiger partial charge in [0.05, 0.1) is 12.3 Å². The summed E-state index contributed by atoms with van der Waals surface area (Å²) in [7, 11) is 0. The largest absolute Gasteiger partial charge is 0.492 e. The highest BCUT2D eigenvalue weighted by Gasteiger charge is 2.09. The molecule has 2 aromatic carbocycles. The van der Waals surface area contributed by atoms with Gasteiger partial charge in [-0.1, -0.05) is 35.5 Å². The lowest BCUT2D eigenvalue weighted by Gasteiger charge is -2.11. The molecular formula is C16H16FNO2. The van der Waals surface area contributed by atoms with Crippen molar-refractivity contribution in [3.63, 3.8) is 0 Å². The van der Waals surface area contributed by atoms with Crippen LogP contribution in [0.15, 0.2) is 53.7 Å². The quantitative estimate of drug-likeness (QED) is 0.513. The molecule has 2 rings (SSSR count). The summed E-state index contributed by atoms with van der Waals surface area (Å²) >= 11 is 0. The van der Waals surface area contributed by atoms with E-state index >= 15 is 0 Å². The van der Waals surface area contributed by atoms with E-state index in [-0.39, 0.29) is 5.82 Å². The number of halogens is 1. The summed E-state index contributed by atoms with van der Waals surface area (Å²) in [6.07, 6.45) is 0.728. The predicted octanol–water partition coefficient (Wildman–Crippen LogP) is 3.65. The lowest BCUT2D eigenvalue weighted by molar-refractivity contribution is 0.313. The minimum atomic E-state index is -0.380. The van der Waals surface area contributed by atoms with Gasteiger partial charge in [0, 0.05) is 18.1 Å². The first-order valence-electron chi connectivity index (χ1n) is 6.36. The second kappa shape index (κ2) is 6.70. The van der Waals surface area contributed by atoms with Gasteiger partial charge in [-0.2, -0.15) is 0 Å². The van der Waals surface area contributed by atoms with Crippen molar-refractivity contribution >= 4 is 5.71 Å². The van der Waals surface area contributed by atoms with Crippen molar-refractivity contribution < 1.29 is 14.3 Å². The topological polar surface area (TPSA) is 41.8 Å². The van der Waals surface area contributed by atoms with Crippen molar-refractivity contribution in [1.82, 2.24) is 0 Å². The van der Waals surface area contributed by atoms with Crippen LogP contribution in [-0.4, -0.2) is 17.5 Å². The van der Waals surface area contributed by atoms with Crippen LogP contribution in [0, 0.1) is 5.82 Å². The van der Waals surface area contributed by atoms with Crippen molar-refractivity contribution in [3.8, 4) is 5.75 Å². The zero-order valence-corrected chi connectivity index (χ0v) is 11.2. The minimum absolute atomic E-state index is 0.380. The van der Waals surface area contributed by atoms with E-state index < -0.39 is 0 Å². The summed E-state index contributed by atoms with van der Waals surface area (Å²) in [5, 5.41) is 12.0. The molecule has 1 N–H and O–H groups in total. The molecule has 0 atom stereocenters. The highest BCUT2D eigenvalue weighted by molar-refractivity contribution is 6.00. The van der Waals surface area contributed by atoms with Gasteiger partial charge in [-0.05, 0) is 24.6 Å². The van der Waals surface area contributed by atoms with Crippen LogP contribution in [0.25, 0.3) is 0 Å². The van der Waals surface area contributed by atoms with E-state index in [0.29, 0.717) is 23.6 Å². The van der Waals surface area contributed by atoms with Crippen molar-refractivity contribution in [3.05, 3.63) is 65.5 Å². The van der Waals surface area contributed by atoms with Crippen LogP contribution in [0.1, 0.15) is 18.1 Å². The van der Waals surface area contributed by atoms with E-state index in [0.717, 1.165) is 12.0 Å². The van der Waals surface area contributed by atoms with E-state index in [4.69, 9.17) is 9.94 Å². The normalized spacial score (nSPS) is 11.4. The SMILES string of the molecule is CC(=NO)c1ccc(F)cc1OCCc1ccccc1. The number of nitrogens with zero attached hydrogens (tertiary/aromatic N) is 1. The number of hydrogen-bond acceptors (Lipinski definition) is 3. The fraction of sp³-hybridized carbons (Fsp3) is 0.188. The van der Waals surface area contributed by atoms with Gasteiger partial charge in [-0.25, -0.2) is 4.39 Å². The maximum Gasteiger partial charge on any atom is 0.131 e. The van der Waals surface area contributed by atoms with Gasteiger partial charge >= 0.3 is 0 Å². The van der Waals surface area contributed by atoms with Crippen LogP contribution < -0.4 is 4.74 Å². The van der Waals surface area contributed by atoms with Crippen LogP contribution in [0.2, 0.25) is 0 Å². The molecule has 104 valence electrons. The van der Waals surface area contributed by atoms with Gasteiger partial charge < -0.3 is 9.94 Å². The molecule has 0 aromatic heterocycles. The monoisotopic (exact) mass is 273 g/mol. The van der Waals surface area contributed by atoms with Crippen molar-refractivity contribution in [1.29, 1.82) is 0 Å². The average Bonchev–Trinajstić information content (AvgIpc) is 2.48. The second-order valence-electron chi connectivity index (χ2n) is 4.41. The van der Waals surface area contributed by atoms with E-state index in [9.17, 15) is 4.39 Å². The predicted molar refractivity (Wildman–Crippen MR) is 76.0 cm³/mol. The molecule has 0 radical (unpaired) electrons. The summed E-state index contributed by atoms with van der Waals surface area (Å²) < 4.78 is 18.9. The van der Waals surface area contributed by atoms with E-state index in [1.54, 1.807) is 13.0 Å². The van der Waals surface area contributed by atoms with Crippen LogP contribution in [0.4, 0.5) is 4.39 Å². The molecule has 3 nitrogen and oxygen atoms in total. The van der Waals surface area contributed by atoms with Crippen molar-refractivity contribution in [2.24, 2.45) is 5.16 Å². The summed E-state index contributed by atoms with van der Waals surface area (Å²) in [4.78, 5) is 0. The molecule has 0 heterocycles. The minimum Gasteiger partial charge on any atom is -0.492 e. The molecule has 0 amide bonds. The van der Waals surface area contributed by atoms with Gasteiger partial charge in [-0.15, -0.1) is 0 Å². The van der Waals surface area contributed by atoms with Crippen LogP contribution >= 0.6 is 0 Å². The lowest BCUT2D eigenvalue weighted by atomic mass is 10.1. The van der Waals surface area contributed by atoms with E-state index in [1.807, 2.05) is 30.3 Å². The Balaban J connectivity index is 2.07. The Morgan fingerprint density at radius 3 is 2.65 bits per heavy atom. The molecule has 0 unspecified atom stereocenters. The van der Waals surface area contributed by atoms with E-state index in [1.165, 1.54) is 12.1 Å². The third kappa shape index (κ3) is 3.57. The van der Waals surface area contributed by atoms with Crippen LogP contribution in [0.5, 0.6) is 5.75 Å². The van der Waals surface area contributed by atoms with Gasteiger partial charge in [0.15, 0.2) is 0 Å². The highest BCUT2D eigenvalue weighted by atomic mass is 19.1. The average molecular weight is 273 g/mol. The maximum atomic E-state index is 13.3. The zero-order chi connectivity index (χ0) is 14.4. The van der Waals surface area contributed by atoms with E-state index in [2.05, 4.69) is 5.16 Å². The standard InChI is InChI=1S/C16H16FNO2/c1-12(18-19)15-8-7-14(17)11-16(15)20-10-9-13-5-3-2-4-6-13/h2-8,11,19H,9-10H2,1H3. The lowest BCUT2D eigenvalue weighted by Crippen LogP contribution is -2.06. The fourth-order valence-electron chi connectivity index (χ4n) is 1.89. The summed E-state index contributed by atoms with van der Waals surface area (Å²) in [5.74, 6) is 0.00503. The molecule has 0 aliphatic rings.